The van der Waals surface area contributed by atoms with Crippen LogP contribution in [0.1, 0.15) is 10.6 Å². The monoisotopic (exact) mass is 525 g/mol. The Hall–Kier alpha value is -3.20. The molecule has 7 heteroatoms. The maximum Gasteiger partial charge on any atom is 0.135 e. The molecule has 0 radical (unpaired) electrons. The van der Waals surface area contributed by atoms with E-state index in [-0.39, 0.29) is 0 Å². The van der Waals surface area contributed by atoms with E-state index in [1.165, 1.54) is 46.6 Å². The third kappa shape index (κ3) is 6.28. The lowest BCUT2D eigenvalue weighted by Crippen LogP contribution is -1.85. The summed E-state index contributed by atoms with van der Waals surface area (Å²) < 4.78 is 1.05. The van der Waals surface area contributed by atoms with E-state index in [1.807, 2.05) is 79.1 Å². The first-order valence-corrected chi connectivity index (χ1v) is 13.8. The first-order chi connectivity index (χ1) is 17.0. The number of allylic oxidation sites excluding steroid dienone is 5. The van der Waals surface area contributed by atoms with Gasteiger partial charge in [-0.2, -0.15) is 10.5 Å². The molecule has 0 atom stereocenters. The third-order valence-electron chi connectivity index (χ3n) is 4.83. The van der Waals surface area contributed by atoms with Gasteiger partial charge in [0, 0.05) is 24.5 Å². The van der Waals surface area contributed by atoms with Crippen LogP contribution in [-0.4, -0.2) is 4.98 Å². The standard InChI is InChI=1S/C28H19N3S4/c1-18-8-4-6-10-26(18)34-20(3)21(15-29)13-24-17-32-23(12-19(2)33-24)14-22(16-30)28-31-25-9-5-7-11-27(25)35-28/h4-14,17H,2-3H2,1H3/b21-13+,22-14+. The third-order valence-corrected chi connectivity index (χ3v) is 8.92. The molecular weight excluding hydrogens is 507 g/mol. The second-order valence-electron chi connectivity index (χ2n) is 7.37. The molecule has 0 bridgehead atoms. The van der Waals surface area contributed by atoms with E-state index in [0.29, 0.717) is 21.1 Å². The van der Waals surface area contributed by atoms with Crippen molar-refractivity contribution in [1.29, 1.82) is 10.5 Å². The lowest BCUT2D eigenvalue weighted by molar-refractivity contribution is 1.31. The van der Waals surface area contributed by atoms with Gasteiger partial charge in [0.25, 0.3) is 0 Å². The Balaban J connectivity index is 1.55. The number of thiazole rings is 1. The summed E-state index contributed by atoms with van der Waals surface area (Å²) >= 11 is 5.97. The number of aryl methyl sites for hydroxylation is 1. The normalized spacial score (nSPS) is 14.5. The summed E-state index contributed by atoms with van der Waals surface area (Å²) in [6, 6.07) is 20.5. The molecule has 2 heterocycles. The Morgan fingerprint density at radius 2 is 1.80 bits per heavy atom. The highest BCUT2D eigenvalue weighted by Crippen LogP contribution is 2.40. The molecule has 2 aromatic carbocycles. The Morgan fingerprint density at radius 3 is 2.54 bits per heavy atom. The molecule has 0 fully saturated rings. The van der Waals surface area contributed by atoms with Gasteiger partial charge in [-0.1, -0.05) is 78.8 Å². The number of hydrogen-bond donors (Lipinski definition) is 0. The first-order valence-electron chi connectivity index (χ1n) is 10.4. The molecule has 4 rings (SSSR count). The van der Waals surface area contributed by atoms with Gasteiger partial charge in [-0.15, -0.1) is 11.3 Å². The van der Waals surface area contributed by atoms with Crippen molar-refractivity contribution in [1.82, 2.24) is 4.98 Å². The van der Waals surface area contributed by atoms with Crippen LogP contribution in [0.5, 0.6) is 0 Å². The van der Waals surface area contributed by atoms with Gasteiger partial charge in [0.1, 0.15) is 17.1 Å². The molecule has 170 valence electrons. The van der Waals surface area contributed by atoms with Crippen LogP contribution in [-0.2, 0) is 0 Å². The highest BCUT2D eigenvalue weighted by Gasteiger charge is 2.13. The highest BCUT2D eigenvalue weighted by molar-refractivity contribution is 8.10. The van der Waals surface area contributed by atoms with Gasteiger partial charge < -0.3 is 0 Å². The van der Waals surface area contributed by atoms with Crippen LogP contribution in [0.15, 0.2) is 115 Å². The molecule has 0 amide bonds. The smallest absolute Gasteiger partial charge is 0.135 e. The second kappa shape index (κ2) is 11.5. The van der Waals surface area contributed by atoms with Gasteiger partial charge in [0.2, 0.25) is 0 Å². The molecule has 3 nitrogen and oxygen atoms in total. The van der Waals surface area contributed by atoms with Crippen molar-refractivity contribution in [3.8, 4) is 12.1 Å². The van der Waals surface area contributed by atoms with Crippen molar-refractivity contribution in [3.63, 3.8) is 0 Å². The lowest BCUT2D eigenvalue weighted by Gasteiger charge is -2.08. The predicted octanol–water partition coefficient (Wildman–Crippen LogP) is 8.99. The maximum absolute atomic E-state index is 9.79. The number of nitriles is 2. The molecule has 3 aromatic rings. The van der Waals surface area contributed by atoms with E-state index in [1.54, 1.807) is 0 Å². The van der Waals surface area contributed by atoms with Crippen LogP contribution >= 0.6 is 46.6 Å². The van der Waals surface area contributed by atoms with E-state index in [2.05, 4.69) is 30.3 Å². The molecule has 1 aliphatic rings. The maximum atomic E-state index is 9.79. The van der Waals surface area contributed by atoms with Gasteiger partial charge in [0.05, 0.1) is 21.4 Å². The molecular formula is C28H19N3S4. The average molecular weight is 526 g/mol. The molecule has 0 N–H and O–H groups in total. The topological polar surface area (TPSA) is 60.5 Å². The minimum Gasteiger partial charge on any atom is -0.235 e. The Kier molecular flexibility index (Phi) is 8.17. The minimum atomic E-state index is 0.510. The molecule has 0 saturated carbocycles. The van der Waals surface area contributed by atoms with Crippen LogP contribution in [0.4, 0.5) is 0 Å². The molecule has 0 saturated heterocycles. The van der Waals surface area contributed by atoms with Crippen molar-refractivity contribution in [3.05, 3.63) is 121 Å². The summed E-state index contributed by atoms with van der Waals surface area (Å²) in [5, 5.41) is 22.2. The van der Waals surface area contributed by atoms with Gasteiger partial charge in [-0.3, -0.25) is 0 Å². The highest BCUT2D eigenvalue weighted by atomic mass is 32.2. The summed E-state index contributed by atoms with van der Waals surface area (Å²) in [5.74, 6) is 0. The fraction of sp³-hybridized carbons (Fsp3) is 0.0357. The summed E-state index contributed by atoms with van der Waals surface area (Å²) in [6.07, 6.45) is 5.63. The summed E-state index contributed by atoms with van der Waals surface area (Å²) in [5.41, 5.74) is 3.05. The van der Waals surface area contributed by atoms with Crippen molar-refractivity contribution in [2.45, 2.75) is 11.8 Å². The summed E-state index contributed by atoms with van der Waals surface area (Å²) in [4.78, 5) is 8.97. The molecule has 0 unspecified atom stereocenters. The number of para-hydroxylation sites is 1. The largest absolute Gasteiger partial charge is 0.235 e. The van der Waals surface area contributed by atoms with E-state index < -0.39 is 0 Å². The second-order valence-corrected chi connectivity index (χ2v) is 11.7. The molecule has 35 heavy (non-hydrogen) atoms. The molecule has 0 spiro atoms. The van der Waals surface area contributed by atoms with Crippen molar-refractivity contribution >= 4 is 62.4 Å². The van der Waals surface area contributed by atoms with Crippen LogP contribution in [0.2, 0.25) is 0 Å². The molecule has 1 aromatic heterocycles. The van der Waals surface area contributed by atoms with Gasteiger partial charge in [0.15, 0.2) is 0 Å². The zero-order chi connectivity index (χ0) is 24.8. The van der Waals surface area contributed by atoms with Crippen LogP contribution < -0.4 is 0 Å². The average Bonchev–Trinajstić information content (AvgIpc) is 3.20. The quantitative estimate of drug-likeness (QED) is 0.182. The van der Waals surface area contributed by atoms with E-state index in [4.69, 9.17) is 0 Å². The van der Waals surface area contributed by atoms with E-state index in [9.17, 15) is 10.5 Å². The van der Waals surface area contributed by atoms with Crippen LogP contribution in [0.25, 0.3) is 15.8 Å². The SMILES string of the molecule is C=C1C=C(/C=C(\C#N)c2nc3ccccc3s2)SC=C(/C=C(\C#N)C(=C)Sc2ccccc2C)S1. The Morgan fingerprint density at radius 1 is 1.03 bits per heavy atom. The van der Waals surface area contributed by atoms with Crippen LogP contribution in [0, 0.1) is 29.6 Å². The number of rotatable bonds is 6. The van der Waals surface area contributed by atoms with Gasteiger partial charge in [-0.05, 0) is 54.3 Å². The van der Waals surface area contributed by atoms with Gasteiger partial charge >= 0.3 is 0 Å². The van der Waals surface area contributed by atoms with Crippen LogP contribution in [0.3, 0.4) is 0 Å². The number of hydrogen-bond acceptors (Lipinski definition) is 7. The first kappa shape index (κ1) is 24.9. The number of fused-ring (bicyclic) bond motifs is 1. The Bertz CT molecular complexity index is 1500. The zero-order valence-corrected chi connectivity index (χ0v) is 22.1. The number of nitrogens with zero attached hydrogens (tertiary/aromatic N) is 3. The minimum absolute atomic E-state index is 0.510. The molecule has 1 aliphatic heterocycles. The zero-order valence-electron chi connectivity index (χ0n) is 18.8. The van der Waals surface area contributed by atoms with Crippen molar-refractivity contribution in [2.24, 2.45) is 0 Å². The number of thioether (sulfide) groups is 3. The fourth-order valence-electron chi connectivity index (χ4n) is 3.11. The van der Waals surface area contributed by atoms with Gasteiger partial charge in [-0.25, -0.2) is 4.98 Å². The lowest BCUT2D eigenvalue weighted by atomic mass is 10.2. The summed E-state index contributed by atoms with van der Waals surface area (Å²) in [7, 11) is 0. The molecule has 0 aliphatic carbocycles. The number of benzene rings is 2. The van der Waals surface area contributed by atoms with E-state index >= 15 is 0 Å². The fourth-order valence-corrected chi connectivity index (χ4v) is 6.69. The number of aromatic nitrogens is 1. The van der Waals surface area contributed by atoms with E-state index in [0.717, 1.165) is 35.4 Å². The summed E-state index contributed by atoms with van der Waals surface area (Å²) in [6.45, 7) is 10.3. The predicted molar refractivity (Wildman–Crippen MR) is 154 cm³/mol. The van der Waals surface area contributed by atoms with Crippen molar-refractivity contribution in [2.75, 3.05) is 0 Å². The van der Waals surface area contributed by atoms with Crippen molar-refractivity contribution < 1.29 is 0 Å². The Labute approximate surface area is 222 Å².